The standard InChI is InChI=1S/C10H21N3O2/c1-10(2,3)13-9(15)12-7-5-4-6-8(11)14/h4-7H2,1-3H3,(H2,11,14)(H2,12,13,15). The third-order valence-corrected chi connectivity index (χ3v) is 1.62. The van der Waals surface area contributed by atoms with E-state index < -0.39 is 0 Å². The number of primary amides is 1. The van der Waals surface area contributed by atoms with Crippen molar-refractivity contribution in [1.29, 1.82) is 0 Å². The molecular formula is C10H21N3O2. The molecule has 4 N–H and O–H groups in total. The lowest BCUT2D eigenvalue weighted by Gasteiger charge is -2.20. The van der Waals surface area contributed by atoms with Crippen LogP contribution >= 0.6 is 0 Å². The van der Waals surface area contributed by atoms with Crippen molar-refractivity contribution in [3.63, 3.8) is 0 Å². The van der Waals surface area contributed by atoms with Crippen LogP contribution in [0.5, 0.6) is 0 Å². The topological polar surface area (TPSA) is 84.2 Å². The molecule has 15 heavy (non-hydrogen) atoms. The molecule has 0 aromatic heterocycles. The van der Waals surface area contributed by atoms with Crippen LogP contribution in [0.25, 0.3) is 0 Å². The molecule has 0 saturated carbocycles. The largest absolute Gasteiger partial charge is 0.370 e. The Hall–Kier alpha value is -1.26. The number of nitrogens with one attached hydrogen (secondary N) is 2. The van der Waals surface area contributed by atoms with E-state index in [9.17, 15) is 9.59 Å². The van der Waals surface area contributed by atoms with Gasteiger partial charge < -0.3 is 16.4 Å². The zero-order chi connectivity index (χ0) is 11.9. The van der Waals surface area contributed by atoms with Crippen LogP contribution in [0, 0.1) is 0 Å². The Bertz CT molecular complexity index is 221. The molecule has 0 unspecified atom stereocenters. The van der Waals surface area contributed by atoms with Crippen LogP contribution in [0.4, 0.5) is 4.79 Å². The Morgan fingerprint density at radius 2 is 1.80 bits per heavy atom. The highest BCUT2D eigenvalue weighted by atomic mass is 16.2. The smallest absolute Gasteiger partial charge is 0.315 e. The molecule has 3 amide bonds. The molecule has 0 aliphatic heterocycles. The fraction of sp³-hybridized carbons (Fsp3) is 0.800. The van der Waals surface area contributed by atoms with Gasteiger partial charge in [-0.25, -0.2) is 4.79 Å². The van der Waals surface area contributed by atoms with Gasteiger partial charge in [-0.2, -0.15) is 0 Å². The number of hydrogen-bond donors (Lipinski definition) is 3. The van der Waals surface area contributed by atoms with Crippen LogP contribution in [0.1, 0.15) is 40.0 Å². The monoisotopic (exact) mass is 215 g/mol. The molecule has 0 saturated heterocycles. The molecule has 0 rings (SSSR count). The van der Waals surface area contributed by atoms with Crippen molar-refractivity contribution in [2.24, 2.45) is 5.73 Å². The minimum Gasteiger partial charge on any atom is -0.370 e. The van der Waals surface area contributed by atoms with Gasteiger partial charge >= 0.3 is 6.03 Å². The summed E-state index contributed by atoms with van der Waals surface area (Å²) in [6, 6.07) is -0.179. The first-order valence-electron chi connectivity index (χ1n) is 5.15. The van der Waals surface area contributed by atoms with Crippen molar-refractivity contribution in [2.45, 2.75) is 45.6 Å². The van der Waals surface area contributed by atoms with Crippen molar-refractivity contribution in [3.8, 4) is 0 Å². The van der Waals surface area contributed by atoms with Crippen molar-refractivity contribution < 1.29 is 9.59 Å². The van der Waals surface area contributed by atoms with Gasteiger partial charge in [0, 0.05) is 18.5 Å². The predicted molar refractivity (Wildman–Crippen MR) is 59.3 cm³/mol. The summed E-state index contributed by atoms with van der Waals surface area (Å²) in [4.78, 5) is 21.6. The van der Waals surface area contributed by atoms with Crippen LogP contribution in [0.3, 0.4) is 0 Å². The summed E-state index contributed by atoms with van der Waals surface area (Å²) >= 11 is 0. The third-order valence-electron chi connectivity index (χ3n) is 1.62. The van der Waals surface area contributed by atoms with E-state index in [-0.39, 0.29) is 17.5 Å². The van der Waals surface area contributed by atoms with E-state index >= 15 is 0 Å². The predicted octanol–water partition coefficient (Wildman–Crippen LogP) is 0.740. The first-order chi connectivity index (χ1) is 6.81. The normalized spacial score (nSPS) is 10.9. The Morgan fingerprint density at radius 3 is 2.27 bits per heavy atom. The van der Waals surface area contributed by atoms with E-state index in [2.05, 4.69) is 10.6 Å². The summed E-state index contributed by atoms with van der Waals surface area (Å²) in [5.74, 6) is -0.297. The number of hydrogen-bond acceptors (Lipinski definition) is 2. The Kier molecular flexibility index (Phi) is 5.74. The van der Waals surface area contributed by atoms with Gasteiger partial charge in [-0.05, 0) is 33.6 Å². The molecule has 0 aromatic rings. The van der Waals surface area contributed by atoms with Crippen molar-refractivity contribution in [1.82, 2.24) is 10.6 Å². The summed E-state index contributed by atoms with van der Waals surface area (Å²) in [7, 11) is 0. The summed E-state index contributed by atoms with van der Waals surface area (Å²) in [5, 5.41) is 5.49. The number of nitrogens with two attached hydrogens (primary N) is 1. The Balaban J connectivity index is 3.44. The van der Waals surface area contributed by atoms with Crippen LogP contribution < -0.4 is 16.4 Å². The highest BCUT2D eigenvalue weighted by molar-refractivity contribution is 5.74. The SMILES string of the molecule is CC(C)(C)NC(=O)NCCCCC(N)=O. The van der Waals surface area contributed by atoms with Gasteiger partial charge in [-0.15, -0.1) is 0 Å². The van der Waals surface area contributed by atoms with Gasteiger partial charge in [0.25, 0.3) is 0 Å². The van der Waals surface area contributed by atoms with E-state index in [4.69, 9.17) is 5.73 Å². The maximum atomic E-state index is 11.2. The number of amides is 3. The quantitative estimate of drug-likeness (QED) is 0.591. The van der Waals surface area contributed by atoms with Crippen LogP contribution in [0.2, 0.25) is 0 Å². The molecule has 0 radical (unpaired) electrons. The van der Waals surface area contributed by atoms with E-state index in [0.717, 1.165) is 6.42 Å². The van der Waals surface area contributed by atoms with Crippen LogP contribution in [0.15, 0.2) is 0 Å². The minimum atomic E-state index is -0.297. The second kappa shape index (κ2) is 6.27. The summed E-state index contributed by atoms with van der Waals surface area (Å²) in [6.45, 7) is 6.31. The molecule has 88 valence electrons. The molecule has 0 aromatic carbocycles. The average Bonchev–Trinajstić information content (AvgIpc) is 1.99. The van der Waals surface area contributed by atoms with Gasteiger partial charge in [0.2, 0.25) is 5.91 Å². The molecule has 0 spiro atoms. The van der Waals surface area contributed by atoms with Gasteiger partial charge in [-0.1, -0.05) is 0 Å². The molecular weight excluding hydrogens is 194 g/mol. The molecule has 0 aliphatic rings. The van der Waals surface area contributed by atoms with E-state index in [0.29, 0.717) is 19.4 Å². The fourth-order valence-electron chi connectivity index (χ4n) is 1.01. The van der Waals surface area contributed by atoms with Crippen molar-refractivity contribution in [3.05, 3.63) is 0 Å². The molecule has 0 aliphatic carbocycles. The lowest BCUT2D eigenvalue weighted by molar-refractivity contribution is -0.118. The van der Waals surface area contributed by atoms with Gasteiger partial charge in [-0.3, -0.25) is 4.79 Å². The van der Waals surface area contributed by atoms with Gasteiger partial charge in [0.1, 0.15) is 0 Å². The lowest BCUT2D eigenvalue weighted by Crippen LogP contribution is -2.46. The summed E-state index contributed by atoms with van der Waals surface area (Å²) < 4.78 is 0. The van der Waals surface area contributed by atoms with E-state index in [1.165, 1.54) is 0 Å². The number of unbranched alkanes of at least 4 members (excludes halogenated alkanes) is 1. The van der Waals surface area contributed by atoms with E-state index in [1.807, 2.05) is 20.8 Å². The van der Waals surface area contributed by atoms with Crippen LogP contribution in [-0.2, 0) is 4.79 Å². The maximum absolute atomic E-state index is 11.2. The third kappa shape index (κ3) is 10.7. The first kappa shape index (κ1) is 13.7. The van der Waals surface area contributed by atoms with Gasteiger partial charge in [0.05, 0.1) is 0 Å². The average molecular weight is 215 g/mol. The zero-order valence-corrected chi connectivity index (χ0v) is 9.72. The Morgan fingerprint density at radius 1 is 1.20 bits per heavy atom. The number of rotatable bonds is 5. The fourth-order valence-corrected chi connectivity index (χ4v) is 1.01. The number of carbonyl (C=O) groups is 2. The van der Waals surface area contributed by atoms with Crippen molar-refractivity contribution >= 4 is 11.9 Å². The second-order valence-corrected chi connectivity index (χ2v) is 4.55. The van der Waals surface area contributed by atoms with Crippen molar-refractivity contribution in [2.75, 3.05) is 6.54 Å². The number of carbonyl (C=O) groups excluding carboxylic acids is 2. The molecule has 5 nitrogen and oxygen atoms in total. The summed E-state index contributed by atoms with van der Waals surface area (Å²) in [5.41, 5.74) is 4.75. The number of urea groups is 1. The maximum Gasteiger partial charge on any atom is 0.315 e. The molecule has 0 heterocycles. The molecule has 0 fully saturated rings. The minimum absolute atomic E-state index is 0.179. The highest BCUT2D eigenvalue weighted by Crippen LogP contribution is 1.97. The first-order valence-corrected chi connectivity index (χ1v) is 5.15. The highest BCUT2D eigenvalue weighted by Gasteiger charge is 2.12. The zero-order valence-electron chi connectivity index (χ0n) is 9.72. The lowest BCUT2D eigenvalue weighted by atomic mass is 10.1. The molecule has 0 atom stereocenters. The molecule has 5 heteroatoms. The van der Waals surface area contributed by atoms with Gasteiger partial charge in [0.15, 0.2) is 0 Å². The summed E-state index contributed by atoms with van der Waals surface area (Å²) in [6.07, 6.45) is 1.86. The molecule has 0 bridgehead atoms. The Labute approximate surface area is 90.8 Å². The second-order valence-electron chi connectivity index (χ2n) is 4.55. The van der Waals surface area contributed by atoms with Crippen LogP contribution in [-0.4, -0.2) is 24.0 Å². The van der Waals surface area contributed by atoms with E-state index in [1.54, 1.807) is 0 Å².